The summed E-state index contributed by atoms with van der Waals surface area (Å²) in [5.41, 5.74) is 1.97. The van der Waals surface area contributed by atoms with Gasteiger partial charge in [-0.2, -0.15) is 10.5 Å². The van der Waals surface area contributed by atoms with Gasteiger partial charge in [0.1, 0.15) is 0 Å². The molecule has 0 bridgehead atoms. The van der Waals surface area contributed by atoms with Crippen molar-refractivity contribution in [3.63, 3.8) is 0 Å². The average molecular weight is 243 g/mol. The van der Waals surface area contributed by atoms with E-state index in [1.165, 1.54) is 12.8 Å². The monoisotopic (exact) mass is 243 g/mol. The predicted octanol–water partition coefficient (Wildman–Crippen LogP) is 1.99. The molecule has 1 aliphatic carbocycles. The number of nitrogens with zero attached hydrogens (tertiary/aromatic N) is 5. The van der Waals surface area contributed by atoms with E-state index in [1.54, 1.807) is 0 Å². The lowest BCUT2D eigenvalue weighted by atomic mass is 10.1. The van der Waals surface area contributed by atoms with Gasteiger partial charge in [0.25, 0.3) is 0 Å². The maximum atomic E-state index is 8.79. The molecule has 0 aliphatic heterocycles. The van der Waals surface area contributed by atoms with Crippen LogP contribution in [0.2, 0.25) is 0 Å². The van der Waals surface area contributed by atoms with Crippen LogP contribution in [0.15, 0.2) is 0 Å². The SMILES string of the molecule is N#CCCCCn1nnc(CC#N)c1CC1CC1. The van der Waals surface area contributed by atoms with Crippen LogP contribution in [0, 0.1) is 28.6 Å². The van der Waals surface area contributed by atoms with Crippen molar-refractivity contribution in [2.45, 2.75) is 51.5 Å². The van der Waals surface area contributed by atoms with Crippen LogP contribution >= 0.6 is 0 Å². The summed E-state index contributed by atoms with van der Waals surface area (Å²) < 4.78 is 1.93. The number of hydrogen-bond donors (Lipinski definition) is 0. The van der Waals surface area contributed by atoms with Crippen LogP contribution in [0.1, 0.15) is 43.5 Å². The summed E-state index contributed by atoms with van der Waals surface area (Å²) in [5, 5.41) is 25.5. The maximum absolute atomic E-state index is 8.79. The lowest BCUT2D eigenvalue weighted by molar-refractivity contribution is 0.520. The van der Waals surface area contributed by atoms with Crippen molar-refractivity contribution in [2.24, 2.45) is 5.92 Å². The Labute approximate surface area is 107 Å². The molecule has 1 aromatic heterocycles. The summed E-state index contributed by atoms with van der Waals surface area (Å²) in [5.74, 6) is 0.763. The first-order chi connectivity index (χ1) is 8.85. The molecule has 0 radical (unpaired) electrons. The minimum absolute atomic E-state index is 0.347. The Morgan fingerprint density at radius 2 is 2.06 bits per heavy atom. The first-order valence-corrected chi connectivity index (χ1v) is 6.50. The molecule has 0 amide bonds. The van der Waals surface area contributed by atoms with Gasteiger partial charge in [0.2, 0.25) is 0 Å². The van der Waals surface area contributed by atoms with Crippen LogP contribution in [0.3, 0.4) is 0 Å². The second kappa shape index (κ2) is 6.16. The summed E-state index contributed by atoms with van der Waals surface area (Å²) in [6.07, 6.45) is 6.35. The largest absolute Gasteiger partial charge is 0.249 e. The van der Waals surface area contributed by atoms with E-state index in [1.807, 2.05) is 4.68 Å². The molecule has 0 N–H and O–H groups in total. The molecule has 94 valence electrons. The highest BCUT2D eigenvalue weighted by Gasteiger charge is 2.25. The van der Waals surface area contributed by atoms with Gasteiger partial charge in [-0.05, 0) is 38.0 Å². The van der Waals surface area contributed by atoms with Gasteiger partial charge in [-0.1, -0.05) is 5.21 Å². The number of rotatable bonds is 7. The highest BCUT2D eigenvalue weighted by Crippen LogP contribution is 2.33. The van der Waals surface area contributed by atoms with E-state index in [9.17, 15) is 0 Å². The fourth-order valence-corrected chi connectivity index (χ4v) is 2.04. The van der Waals surface area contributed by atoms with Gasteiger partial charge >= 0.3 is 0 Å². The number of unbranched alkanes of at least 4 members (excludes halogenated alkanes) is 2. The van der Waals surface area contributed by atoms with Crippen molar-refractivity contribution in [2.75, 3.05) is 0 Å². The van der Waals surface area contributed by atoms with E-state index in [-0.39, 0.29) is 0 Å². The molecule has 0 atom stereocenters. The van der Waals surface area contributed by atoms with Crippen molar-refractivity contribution in [1.29, 1.82) is 10.5 Å². The zero-order chi connectivity index (χ0) is 12.8. The summed E-state index contributed by atoms with van der Waals surface area (Å²) >= 11 is 0. The summed E-state index contributed by atoms with van der Waals surface area (Å²) in [6, 6.07) is 4.30. The molecule has 1 fully saturated rings. The van der Waals surface area contributed by atoms with Crippen LogP contribution in [0.25, 0.3) is 0 Å². The second-order valence-corrected chi connectivity index (χ2v) is 4.80. The standard InChI is InChI=1S/C13H17N5/c14-7-2-1-3-9-18-13(10-11-4-5-11)12(6-8-15)16-17-18/h11H,1-6,9-10H2. The maximum Gasteiger partial charge on any atom is 0.0999 e. The normalized spacial score (nSPS) is 14.1. The summed E-state index contributed by atoms with van der Waals surface area (Å²) in [6.45, 7) is 0.808. The zero-order valence-electron chi connectivity index (χ0n) is 10.5. The fraction of sp³-hybridized carbons (Fsp3) is 0.692. The van der Waals surface area contributed by atoms with Gasteiger partial charge in [0.05, 0.1) is 29.9 Å². The predicted molar refractivity (Wildman–Crippen MR) is 65.2 cm³/mol. The molecule has 1 saturated carbocycles. The third kappa shape index (κ3) is 3.30. The van der Waals surface area contributed by atoms with Crippen molar-refractivity contribution in [3.05, 3.63) is 11.4 Å². The lowest BCUT2D eigenvalue weighted by Crippen LogP contribution is -2.07. The minimum Gasteiger partial charge on any atom is -0.249 e. The smallest absolute Gasteiger partial charge is 0.0999 e. The Morgan fingerprint density at radius 1 is 1.22 bits per heavy atom. The molecular weight excluding hydrogens is 226 g/mol. The van der Waals surface area contributed by atoms with Crippen LogP contribution in [-0.4, -0.2) is 15.0 Å². The van der Waals surface area contributed by atoms with Gasteiger partial charge in [-0.15, -0.1) is 5.10 Å². The van der Waals surface area contributed by atoms with E-state index < -0.39 is 0 Å². The van der Waals surface area contributed by atoms with Gasteiger partial charge in [0.15, 0.2) is 0 Å². The van der Waals surface area contributed by atoms with Crippen LogP contribution in [0.5, 0.6) is 0 Å². The Balaban J connectivity index is 1.99. The summed E-state index contributed by atoms with van der Waals surface area (Å²) in [7, 11) is 0. The van der Waals surface area contributed by atoms with Crippen molar-refractivity contribution >= 4 is 0 Å². The van der Waals surface area contributed by atoms with Gasteiger partial charge in [-0.3, -0.25) is 0 Å². The average Bonchev–Trinajstić information content (AvgIpc) is 3.11. The Bertz CT molecular complexity index is 473. The van der Waals surface area contributed by atoms with E-state index in [4.69, 9.17) is 10.5 Å². The highest BCUT2D eigenvalue weighted by molar-refractivity contribution is 5.16. The molecule has 18 heavy (non-hydrogen) atoms. The van der Waals surface area contributed by atoms with Crippen LogP contribution < -0.4 is 0 Å². The van der Waals surface area contributed by atoms with Crippen molar-refractivity contribution in [1.82, 2.24) is 15.0 Å². The van der Waals surface area contributed by atoms with Crippen molar-refractivity contribution < 1.29 is 0 Å². The fourth-order valence-electron chi connectivity index (χ4n) is 2.04. The molecule has 1 heterocycles. The quantitative estimate of drug-likeness (QED) is 0.686. The number of hydrogen-bond acceptors (Lipinski definition) is 4. The van der Waals surface area contributed by atoms with Crippen molar-refractivity contribution in [3.8, 4) is 12.1 Å². The summed E-state index contributed by atoms with van der Waals surface area (Å²) in [4.78, 5) is 0. The van der Waals surface area contributed by atoms with Gasteiger partial charge in [-0.25, -0.2) is 4.68 Å². The van der Waals surface area contributed by atoms with E-state index >= 15 is 0 Å². The molecule has 5 nitrogen and oxygen atoms in total. The van der Waals surface area contributed by atoms with E-state index in [2.05, 4.69) is 22.5 Å². The molecule has 1 aromatic rings. The Kier molecular flexibility index (Phi) is 4.30. The van der Waals surface area contributed by atoms with Gasteiger partial charge < -0.3 is 0 Å². The number of aromatic nitrogens is 3. The molecule has 0 unspecified atom stereocenters. The number of nitriles is 2. The lowest BCUT2D eigenvalue weighted by Gasteiger charge is -2.06. The van der Waals surface area contributed by atoms with Crippen LogP contribution in [-0.2, 0) is 19.4 Å². The van der Waals surface area contributed by atoms with E-state index in [0.29, 0.717) is 12.8 Å². The second-order valence-electron chi connectivity index (χ2n) is 4.80. The first-order valence-electron chi connectivity index (χ1n) is 6.50. The molecule has 0 saturated heterocycles. The zero-order valence-corrected chi connectivity index (χ0v) is 10.5. The third-order valence-electron chi connectivity index (χ3n) is 3.25. The Hall–Kier alpha value is -1.88. The number of aryl methyl sites for hydroxylation is 1. The van der Waals surface area contributed by atoms with Gasteiger partial charge in [0, 0.05) is 13.0 Å². The molecule has 1 aliphatic rings. The third-order valence-corrected chi connectivity index (χ3v) is 3.25. The highest BCUT2D eigenvalue weighted by atomic mass is 15.4. The Morgan fingerprint density at radius 3 is 2.72 bits per heavy atom. The molecule has 2 rings (SSSR count). The molecule has 0 spiro atoms. The molecular formula is C13H17N5. The van der Waals surface area contributed by atoms with Crippen LogP contribution in [0.4, 0.5) is 0 Å². The van der Waals surface area contributed by atoms with E-state index in [0.717, 1.165) is 43.1 Å². The minimum atomic E-state index is 0.347. The first kappa shape index (κ1) is 12.6. The molecule has 0 aromatic carbocycles. The topological polar surface area (TPSA) is 78.3 Å². The molecule has 5 heteroatoms.